The second-order valence-corrected chi connectivity index (χ2v) is 5.75. The number of carbonyl (C=O) groups excluding carboxylic acids is 1. The Morgan fingerprint density at radius 1 is 1.38 bits per heavy atom. The molecule has 1 heterocycles. The topological polar surface area (TPSA) is 34.9 Å². The molecular formula is C16H18BrFN2O. The van der Waals surface area contributed by atoms with Crippen LogP contribution in [0.4, 0.5) is 4.39 Å². The fourth-order valence-corrected chi connectivity index (χ4v) is 2.99. The largest absolute Gasteiger partial charge is 0.294 e. The summed E-state index contributed by atoms with van der Waals surface area (Å²) in [5.41, 5.74) is 2.74. The van der Waals surface area contributed by atoms with Crippen LogP contribution >= 0.6 is 15.9 Å². The first-order valence-electron chi connectivity index (χ1n) is 7.01. The van der Waals surface area contributed by atoms with Crippen LogP contribution in [0.3, 0.4) is 0 Å². The number of Topliss-reactive ketones (excluding diaryl/α,β-unsaturated/α-hetero) is 1. The number of ketones is 1. The van der Waals surface area contributed by atoms with Gasteiger partial charge in [-0.25, -0.2) is 4.39 Å². The lowest BCUT2D eigenvalue weighted by atomic mass is 10.0. The molecule has 0 saturated heterocycles. The van der Waals surface area contributed by atoms with Gasteiger partial charge in [0.05, 0.1) is 27.8 Å². The van der Waals surface area contributed by atoms with Gasteiger partial charge >= 0.3 is 0 Å². The molecule has 21 heavy (non-hydrogen) atoms. The number of benzene rings is 1. The molecule has 0 unspecified atom stereocenters. The second-order valence-electron chi connectivity index (χ2n) is 4.96. The third-order valence-electron chi connectivity index (χ3n) is 3.44. The van der Waals surface area contributed by atoms with Gasteiger partial charge in [0, 0.05) is 6.54 Å². The van der Waals surface area contributed by atoms with E-state index in [4.69, 9.17) is 0 Å². The summed E-state index contributed by atoms with van der Waals surface area (Å²) < 4.78 is 16.5. The van der Waals surface area contributed by atoms with E-state index in [1.54, 1.807) is 16.8 Å². The molecule has 0 radical (unpaired) electrons. The van der Waals surface area contributed by atoms with E-state index in [-0.39, 0.29) is 17.8 Å². The Morgan fingerprint density at radius 3 is 2.71 bits per heavy atom. The molecule has 3 nitrogen and oxygen atoms in total. The molecule has 0 saturated carbocycles. The van der Waals surface area contributed by atoms with Gasteiger partial charge in [-0.05, 0) is 48.3 Å². The average Bonchev–Trinajstić information content (AvgIpc) is 2.77. The summed E-state index contributed by atoms with van der Waals surface area (Å²) in [6.45, 7) is 6.51. The number of aromatic nitrogens is 2. The number of hydrogen-bond donors (Lipinski definition) is 0. The molecule has 0 aliphatic carbocycles. The third kappa shape index (κ3) is 3.23. The van der Waals surface area contributed by atoms with Crippen LogP contribution in [0, 0.1) is 12.7 Å². The van der Waals surface area contributed by atoms with Crippen LogP contribution in [0.1, 0.15) is 41.2 Å². The SMILES string of the molecule is CCc1nn(CC)c(CC(=O)c2cc(C)ccc2F)c1Br. The predicted octanol–water partition coefficient (Wildman–Crippen LogP) is 4.10. The van der Waals surface area contributed by atoms with Crippen LogP contribution < -0.4 is 0 Å². The zero-order valence-corrected chi connectivity index (χ0v) is 14.0. The Balaban J connectivity index is 2.35. The van der Waals surface area contributed by atoms with Crippen LogP contribution in [0.25, 0.3) is 0 Å². The average molecular weight is 353 g/mol. The fraction of sp³-hybridized carbons (Fsp3) is 0.375. The third-order valence-corrected chi connectivity index (χ3v) is 4.36. The van der Waals surface area contributed by atoms with Crippen molar-refractivity contribution < 1.29 is 9.18 Å². The van der Waals surface area contributed by atoms with Gasteiger partial charge in [-0.15, -0.1) is 0 Å². The Morgan fingerprint density at radius 2 is 2.10 bits per heavy atom. The van der Waals surface area contributed by atoms with Crippen molar-refractivity contribution in [3.8, 4) is 0 Å². The minimum atomic E-state index is -0.472. The molecule has 0 amide bonds. The Bertz CT molecular complexity index is 679. The van der Waals surface area contributed by atoms with E-state index in [1.165, 1.54) is 6.07 Å². The monoisotopic (exact) mass is 352 g/mol. The zero-order valence-electron chi connectivity index (χ0n) is 12.4. The highest BCUT2D eigenvalue weighted by Gasteiger charge is 2.19. The van der Waals surface area contributed by atoms with Crippen LogP contribution in [-0.2, 0) is 19.4 Å². The Hall–Kier alpha value is -1.49. The summed E-state index contributed by atoms with van der Waals surface area (Å²) in [6, 6.07) is 4.60. The number of carbonyl (C=O) groups is 1. The van der Waals surface area contributed by atoms with Crippen molar-refractivity contribution in [3.63, 3.8) is 0 Å². The van der Waals surface area contributed by atoms with Crippen LogP contribution in [0.5, 0.6) is 0 Å². The van der Waals surface area contributed by atoms with E-state index in [0.29, 0.717) is 6.54 Å². The van der Waals surface area contributed by atoms with E-state index in [1.807, 2.05) is 20.8 Å². The Kier molecular flexibility index (Phi) is 4.93. The minimum Gasteiger partial charge on any atom is -0.294 e. The molecule has 5 heteroatoms. The molecule has 0 atom stereocenters. The van der Waals surface area contributed by atoms with Crippen molar-refractivity contribution in [2.75, 3.05) is 0 Å². The van der Waals surface area contributed by atoms with Crippen LogP contribution in [0.15, 0.2) is 22.7 Å². The summed E-state index contributed by atoms with van der Waals surface area (Å²) >= 11 is 3.51. The number of rotatable bonds is 5. The lowest BCUT2D eigenvalue weighted by molar-refractivity contribution is 0.0986. The van der Waals surface area contributed by atoms with E-state index >= 15 is 0 Å². The van der Waals surface area contributed by atoms with E-state index in [9.17, 15) is 9.18 Å². The van der Waals surface area contributed by atoms with Crippen molar-refractivity contribution in [1.29, 1.82) is 0 Å². The molecule has 0 bridgehead atoms. The molecular weight excluding hydrogens is 335 g/mol. The number of nitrogens with zero attached hydrogens (tertiary/aromatic N) is 2. The van der Waals surface area contributed by atoms with Crippen molar-refractivity contribution in [3.05, 3.63) is 51.0 Å². The second kappa shape index (κ2) is 6.52. The van der Waals surface area contributed by atoms with E-state index < -0.39 is 5.82 Å². The molecule has 112 valence electrons. The summed E-state index contributed by atoms with van der Waals surface area (Å²) in [6.07, 6.45) is 0.926. The molecule has 0 aliphatic rings. The molecule has 0 fully saturated rings. The Labute approximate surface area is 132 Å². The lowest BCUT2D eigenvalue weighted by Crippen LogP contribution is -2.11. The standard InChI is InChI=1S/C16H18BrFN2O/c1-4-13-16(17)14(20(5-2)19-13)9-15(21)11-8-10(3)6-7-12(11)18/h6-8H,4-5,9H2,1-3H3. The highest BCUT2D eigenvalue weighted by atomic mass is 79.9. The van der Waals surface area contributed by atoms with E-state index in [0.717, 1.165) is 27.8 Å². The van der Waals surface area contributed by atoms with E-state index in [2.05, 4.69) is 21.0 Å². The predicted molar refractivity (Wildman–Crippen MR) is 84.2 cm³/mol. The first kappa shape index (κ1) is 15.9. The van der Waals surface area contributed by atoms with Crippen LogP contribution in [-0.4, -0.2) is 15.6 Å². The van der Waals surface area contributed by atoms with Gasteiger partial charge in [0.1, 0.15) is 5.82 Å². The summed E-state index contributed by atoms with van der Waals surface area (Å²) in [4.78, 5) is 12.4. The normalized spacial score (nSPS) is 10.9. The minimum absolute atomic E-state index is 0.141. The molecule has 0 N–H and O–H groups in total. The smallest absolute Gasteiger partial charge is 0.171 e. The highest BCUT2D eigenvalue weighted by molar-refractivity contribution is 9.10. The van der Waals surface area contributed by atoms with Crippen molar-refractivity contribution in [2.45, 2.75) is 40.2 Å². The van der Waals surface area contributed by atoms with Crippen LogP contribution in [0.2, 0.25) is 0 Å². The van der Waals surface area contributed by atoms with Gasteiger partial charge in [0.25, 0.3) is 0 Å². The fourth-order valence-electron chi connectivity index (χ4n) is 2.29. The van der Waals surface area contributed by atoms with Crippen molar-refractivity contribution in [2.24, 2.45) is 0 Å². The van der Waals surface area contributed by atoms with Crippen molar-refractivity contribution in [1.82, 2.24) is 9.78 Å². The molecule has 1 aromatic carbocycles. The first-order chi connectivity index (χ1) is 9.97. The maximum absolute atomic E-state index is 13.8. The molecule has 0 spiro atoms. The first-order valence-corrected chi connectivity index (χ1v) is 7.80. The number of aryl methyl sites for hydroxylation is 3. The number of hydrogen-bond acceptors (Lipinski definition) is 2. The molecule has 2 rings (SSSR count). The summed E-state index contributed by atoms with van der Waals surface area (Å²) in [7, 11) is 0. The highest BCUT2D eigenvalue weighted by Crippen LogP contribution is 2.24. The van der Waals surface area contributed by atoms with Gasteiger partial charge in [-0.3, -0.25) is 9.48 Å². The van der Waals surface area contributed by atoms with Crippen molar-refractivity contribution >= 4 is 21.7 Å². The van der Waals surface area contributed by atoms with Gasteiger partial charge < -0.3 is 0 Å². The maximum Gasteiger partial charge on any atom is 0.171 e. The summed E-state index contributed by atoms with van der Waals surface area (Å²) in [5, 5.41) is 4.46. The molecule has 0 aliphatic heterocycles. The van der Waals surface area contributed by atoms with Gasteiger partial charge in [-0.1, -0.05) is 18.6 Å². The molecule has 1 aromatic heterocycles. The van der Waals surface area contributed by atoms with Gasteiger partial charge in [-0.2, -0.15) is 5.10 Å². The van der Waals surface area contributed by atoms with Gasteiger partial charge in [0.15, 0.2) is 5.78 Å². The molecule has 2 aromatic rings. The lowest BCUT2D eigenvalue weighted by Gasteiger charge is -2.07. The van der Waals surface area contributed by atoms with Gasteiger partial charge in [0.2, 0.25) is 0 Å². The zero-order chi connectivity index (χ0) is 15.6. The number of halogens is 2. The quantitative estimate of drug-likeness (QED) is 0.759. The summed E-state index contributed by atoms with van der Waals surface area (Å²) in [5.74, 6) is -0.700. The maximum atomic E-state index is 13.8.